The van der Waals surface area contributed by atoms with E-state index in [9.17, 15) is 4.79 Å². The lowest BCUT2D eigenvalue weighted by atomic mass is 10.1. The Hall–Kier alpha value is -1.35. The van der Waals surface area contributed by atoms with Gasteiger partial charge in [0, 0.05) is 6.54 Å². The fourth-order valence-electron chi connectivity index (χ4n) is 1.01. The highest BCUT2D eigenvalue weighted by Crippen LogP contribution is 1.98. The number of carbonyl (C=O) groups is 1. The minimum absolute atomic E-state index is 0.00644. The maximum absolute atomic E-state index is 11.2. The first-order valence-corrected chi connectivity index (χ1v) is 4.38. The van der Waals surface area contributed by atoms with Crippen molar-refractivity contribution < 1.29 is 4.79 Å². The Bertz CT molecular complexity index is 259. The van der Waals surface area contributed by atoms with Gasteiger partial charge in [0.25, 0.3) is 0 Å². The minimum atomic E-state index is -0.00644. The van der Waals surface area contributed by atoms with E-state index in [2.05, 4.69) is 10.9 Å². The van der Waals surface area contributed by atoms with E-state index >= 15 is 0 Å². The zero-order chi connectivity index (χ0) is 9.52. The number of carbonyl (C=O) groups excluding carboxylic acids is 1. The molecule has 13 heavy (non-hydrogen) atoms. The summed E-state index contributed by atoms with van der Waals surface area (Å²) in [5.41, 5.74) is 6.39. The van der Waals surface area contributed by atoms with Crippen LogP contribution in [0, 0.1) is 0 Å². The Balaban J connectivity index is 2.37. The molecule has 1 aromatic rings. The maximum atomic E-state index is 11.2. The predicted molar refractivity (Wildman–Crippen MR) is 52.0 cm³/mol. The third-order valence-electron chi connectivity index (χ3n) is 1.61. The lowest BCUT2D eigenvalue weighted by Gasteiger charge is -2.04. The van der Waals surface area contributed by atoms with Gasteiger partial charge in [0.05, 0.1) is 6.42 Å². The molecule has 0 radical (unpaired) electrons. The zero-order valence-electron chi connectivity index (χ0n) is 7.71. The van der Waals surface area contributed by atoms with Gasteiger partial charge in [0.1, 0.15) is 0 Å². The Labute approximate surface area is 78.1 Å². The fraction of sp³-hybridized carbons (Fsp3) is 0.300. The summed E-state index contributed by atoms with van der Waals surface area (Å²) in [6.45, 7) is 2.67. The van der Waals surface area contributed by atoms with Crippen LogP contribution in [-0.4, -0.2) is 12.5 Å². The van der Waals surface area contributed by atoms with E-state index in [1.807, 2.05) is 37.3 Å². The van der Waals surface area contributed by atoms with Gasteiger partial charge < -0.3 is 0 Å². The van der Waals surface area contributed by atoms with Gasteiger partial charge in [0.2, 0.25) is 5.91 Å². The first-order valence-electron chi connectivity index (χ1n) is 4.38. The monoisotopic (exact) mass is 178 g/mol. The van der Waals surface area contributed by atoms with Crippen LogP contribution in [-0.2, 0) is 11.2 Å². The molecule has 0 aromatic heterocycles. The smallest absolute Gasteiger partial charge is 0.238 e. The summed E-state index contributed by atoms with van der Waals surface area (Å²) in [5.74, 6) is -0.00644. The molecule has 0 aliphatic heterocycles. The van der Waals surface area contributed by atoms with Crippen molar-refractivity contribution in [3.8, 4) is 0 Å². The van der Waals surface area contributed by atoms with E-state index in [1.54, 1.807) is 0 Å². The van der Waals surface area contributed by atoms with Gasteiger partial charge in [-0.25, -0.2) is 5.43 Å². The third kappa shape index (κ3) is 3.71. The van der Waals surface area contributed by atoms with Crippen molar-refractivity contribution in [3.63, 3.8) is 0 Å². The van der Waals surface area contributed by atoms with Crippen LogP contribution < -0.4 is 10.9 Å². The zero-order valence-corrected chi connectivity index (χ0v) is 7.71. The van der Waals surface area contributed by atoms with Crippen molar-refractivity contribution in [1.29, 1.82) is 0 Å². The molecule has 1 aromatic carbocycles. The van der Waals surface area contributed by atoms with Crippen molar-refractivity contribution >= 4 is 5.91 Å². The van der Waals surface area contributed by atoms with Gasteiger partial charge in [-0.05, 0) is 5.56 Å². The number of hydrogen-bond acceptors (Lipinski definition) is 2. The molecule has 0 atom stereocenters. The largest absolute Gasteiger partial charge is 0.291 e. The summed E-state index contributed by atoms with van der Waals surface area (Å²) < 4.78 is 0. The molecule has 2 N–H and O–H groups in total. The van der Waals surface area contributed by atoms with Crippen molar-refractivity contribution in [1.82, 2.24) is 10.9 Å². The SMILES string of the molecule is CCNNC(=O)Cc1ccccc1. The highest BCUT2D eigenvalue weighted by atomic mass is 16.2. The number of rotatable bonds is 4. The second kappa shape index (κ2) is 5.32. The summed E-state index contributed by atoms with van der Waals surface area (Å²) in [5, 5.41) is 0. The molecule has 3 heteroatoms. The van der Waals surface area contributed by atoms with Crippen molar-refractivity contribution in [2.24, 2.45) is 0 Å². The normalized spacial score (nSPS) is 9.62. The molecular formula is C10H14N2O. The minimum Gasteiger partial charge on any atom is -0.291 e. The summed E-state index contributed by atoms with van der Waals surface area (Å²) in [7, 11) is 0. The van der Waals surface area contributed by atoms with Gasteiger partial charge in [-0.2, -0.15) is 0 Å². The van der Waals surface area contributed by atoms with Gasteiger partial charge in [0.15, 0.2) is 0 Å². The van der Waals surface area contributed by atoms with Gasteiger partial charge in [-0.1, -0.05) is 37.3 Å². The Kier molecular flexibility index (Phi) is 3.99. The second-order valence-corrected chi connectivity index (χ2v) is 2.74. The van der Waals surface area contributed by atoms with E-state index in [-0.39, 0.29) is 5.91 Å². The van der Waals surface area contributed by atoms with E-state index in [0.717, 1.165) is 12.1 Å². The molecule has 1 rings (SSSR count). The third-order valence-corrected chi connectivity index (χ3v) is 1.61. The number of amides is 1. The maximum Gasteiger partial charge on any atom is 0.238 e. The molecule has 0 saturated carbocycles. The van der Waals surface area contributed by atoms with Gasteiger partial charge >= 0.3 is 0 Å². The first kappa shape index (κ1) is 9.74. The van der Waals surface area contributed by atoms with Crippen LogP contribution in [0.1, 0.15) is 12.5 Å². The summed E-state index contributed by atoms with van der Waals surface area (Å²) in [6, 6.07) is 9.66. The van der Waals surface area contributed by atoms with Crippen molar-refractivity contribution in [2.45, 2.75) is 13.3 Å². The lowest BCUT2D eigenvalue weighted by Crippen LogP contribution is -2.37. The van der Waals surface area contributed by atoms with E-state index in [0.29, 0.717) is 6.42 Å². The van der Waals surface area contributed by atoms with Crippen LogP contribution in [0.15, 0.2) is 30.3 Å². The highest BCUT2D eigenvalue weighted by Gasteiger charge is 2.00. The fourth-order valence-corrected chi connectivity index (χ4v) is 1.01. The van der Waals surface area contributed by atoms with Crippen LogP contribution >= 0.6 is 0 Å². The summed E-state index contributed by atoms with van der Waals surface area (Å²) >= 11 is 0. The van der Waals surface area contributed by atoms with Gasteiger partial charge in [-0.3, -0.25) is 10.2 Å². The quantitative estimate of drug-likeness (QED) is 0.672. The average molecular weight is 178 g/mol. The molecule has 1 amide bonds. The standard InChI is InChI=1S/C10H14N2O/c1-2-11-12-10(13)8-9-6-4-3-5-7-9/h3-7,11H,2,8H2,1H3,(H,12,13). The average Bonchev–Trinajstić information content (AvgIpc) is 2.16. The van der Waals surface area contributed by atoms with Crippen LogP contribution in [0.5, 0.6) is 0 Å². The molecule has 0 bridgehead atoms. The predicted octanol–water partition coefficient (Wildman–Crippen LogP) is 0.870. The molecule has 70 valence electrons. The Morgan fingerprint density at radius 1 is 1.31 bits per heavy atom. The number of hydrogen-bond donors (Lipinski definition) is 2. The molecule has 0 spiro atoms. The van der Waals surface area contributed by atoms with Gasteiger partial charge in [-0.15, -0.1) is 0 Å². The highest BCUT2D eigenvalue weighted by molar-refractivity contribution is 5.77. The molecule has 0 fully saturated rings. The first-order chi connectivity index (χ1) is 6.33. The molecule has 0 heterocycles. The van der Waals surface area contributed by atoms with Crippen LogP contribution in [0.2, 0.25) is 0 Å². The molecular weight excluding hydrogens is 164 g/mol. The number of benzene rings is 1. The van der Waals surface area contributed by atoms with Crippen LogP contribution in [0.25, 0.3) is 0 Å². The molecule has 3 nitrogen and oxygen atoms in total. The second-order valence-electron chi connectivity index (χ2n) is 2.74. The summed E-state index contributed by atoms with van der Waals surface area (Å²) in [6.07, 6.45) is 0.424. The summed E-state index contributed by atoms with van der Waals surface area (Å²) in [4.78, 5) is 11.2. The molecule has 0 aliphatic rings. The topological polar surface area (TPSA) is 41.1 Å². The van der Waals surface area contributed by atoms with Crippen molar-refractivity contribution in [2.75, 3.05) is 6.54 Å². The van der Waals surface area contributed by atoms with E-state index < -0.39 is 0 Å². The molecule has 0 unspecified atom stereocenters. The van der Waals surface area contributed by atoms with E-state index in [4.69, 9.17) is 0 Å². The Morgan fingerprint density at radius 3 is 2.62 bits per heavy atom. The van der Waals surface area contributed by atoms with Crippen LogP contribution in [0.3, 0.4) is 0 Å². The molecule has 0 aliphatic carbocycles. The number of nitrogens with one attached hydrogen (secondary N) is 2. The van der Waals surface area contributed by atoms with Crippen LogP contribution in [0.4, 0.5) is 0 Å². The Morgan fingerprint density at radius 2 is 2.00 bits per heavy atom. The van der Waals surface area contributed by atoms with E-state index in [1.165, 1.54) is 0 Å². The lowest BCUT2D eigenvalue weighted by molar-refractivity contribution is -0.121. The molecule has 0 saturated heterocycles. The number of hydrazine groups is 1. The van der Waals surface area contributed by atoms with Crippen molar-refractivity contribution in [3.05, 3.63) is 35.9 Å².